The van der Waals surface area contributed by atoms with Crippen molar-refractivity contribution in [1.82, 2.24) is 29.6 Å². The molecule has 2 fully saturated rings. The van der Waals surface area contributed by atoms with E-state index in [0.29, 0.717) is 40.2 Å². The number of nitrogens with one attached hydrogen (secondary N) is 1. The summed E-state index contributed by atoms with van der Waals surface area (Å²) in [6.07, 6.45) is 4.77. The van der Waals surface area contributed by atoms with Crippen LogP contribution < -0.4 is 5.32 Å². The molecule has 1 saturated carbocycles. The molecular weight excluding hydrogens is 702 g/mol. The van der Waals surface area contributed by atoms with Crippen LogP contribution in [0.2, 0.25) is 18.1 Å². The minimum absolute atomic E-state index is 0.0303. The Balaban J connectivity index is 1.33. The lowest BCUT2D eigenvalue weighted by molar-refractivity contribution is -0.138. The number of carbonyl (C=O) groups is 3. The molecule has 13 heteroatoms. The fourth-order valence-corrected chi connectivity index (χ4v) is 8.00. The van der Waals surface area contributed by atoms with Gasteiger partial charge in [0, 0.05) is 48.3 Å². The quantitative estimate of drug-likeness (QED) is 0.112. The molecule has 0 radical (unpaired) electrons. The zero-order chi connectivity index (χ0) is 35.6. The number of amides is 2. The van der Waals surface area contributed by atoms with E-state index in [1.54, 1.807) is 22.0 Å². The van der Waals surface area contributed by atoms with Crippen LogP contribution in [0.1, 0.15) is 68.0 Å². The van der Waals surface area contributed by atoms with Gasteiger partial charge in [0.2, 0.25) is 11.8 Å². The van der Waals surface area contributed by atoms with Crippen LogP contribution in [0, 0.1) is 26.2 Å². The van der Waals surface area contributed by atoms with Gasteiger partial charge in [-0.05, 0) is 103 Å². The highest BCUT2D eigenvalue weighted by Crippen LogP contribution is 2.60. The zero-order valence-corrected chi connectivity index (χ0v) is 32.2. The van der Waals surface area contributed by atoms with Crippen molar-refractivity contribution in [2.24, 2.45) is 5.41 Å². The second kappa shape index (κ2) is 12.5. The summed E-state index contributed by atoms with van der Waals surface area (Å²) in [5, 5.41) is 8.36. The smallest absolute Gasteiger partial charge is 0.248 e. The summed E-state index contributed by atoms with van der Waals surface area (Å²) in [6, 6.07) is 6.75. The van der Waals surface area contributed by atoms with Gasteiger partial charge in [0.15, 0.2) is 14.1 Å². The van der Waals surface area contributed by atoms with E-state index in [9.17, 15) is 14.4 Å². The summed E-state index contributed by atoms with van der Waals surface area (Å²) in [5.74, 6) is 0.406. The summed E-state index contributed by atoms with van der Waals surface area (Å²) >= 11 is 3.40. The Morgan fingerprint density at radius 3 is 2.39 bits per heavy atom. The van der Waals surface area contributed by atoms with Gasteiger partial charge in [0.05, 0.1) is 5.52 Å². The Hall–Kier alpha value is -3.81. The number of rotatable bonds is 9. The summed E-state index contributed by atoms with van der Waals surface area (Å²) in [6.45, 7) is 18.6. The topological polar surface area (TPSA) is 132 Å². The van der Waals surface area contributed by atoms with Crippen molar-refractivity contribution in [3.8, 4) is 11.1 Å². The molecule has 1 aromatic carbocycles. The van der Waals surface area contributed by atoms with Crippen molar-refractivity contribution >= 4 is 58.6 Å². The molecule has 3 aromatic heterocycles. The van der Waals surface area contributed by atoms with Crippen molar-refractivity contribution in [3.63, 3.8) is 0 Å². The minimum Gasteiger partial charge on any atom is -0.416 e. The third kappa shape index (κ3) is 6.60. The molecular formula is C36H44BrN7O4Si. The van der Waals surface area contributed by atoms with Crippen LogP contribution in [0.4, 0.5) is 5.82 Å². The highest BCUT2D eigenvalue weighted by Gasteiger charge is 2.67. The van der Waals surface area contributed by atoms with Crippen LogP contribution in [0.25, 0.3) is 22.0 Å². The number of carbonyl (C=O) groups excluding carboxylic acids is 3. The van der Waals surface area contributed by atoms with Gasteiger partial charge in [-0.25, -0.2) is 15.0 Å². The number of Topliss-reactive ketones (excluding diaryl/α,β-unsaturated/α-hetero) is 1. The molecule has 1 aliphatic heterocycles. The normalized spacial score (nSPS) is 20.4. The first-order chi connectivity index (χ1) is 22.9. The van der Waals surface area contributed by atoms with E-state index in [0.717, 1.165) is 28.7 Å². The first-order valence-corrected chi connectivity index (χ1v) is 20.3. The second-order valence-electron chi connectivity index (χ2n) is 15.2. The minimum atomic E-state index is -2.08. The van der Waals surface area contributed by atoms with Gasteiger partial charge in [0.25, 0.3) is 0 Å². The van der Waals surface area contributed by atoms with Crippen LogP contribution in [-0.4, -0.2) is 74.2 Å². The molecule has 0 unspecified atom stereocenters. The number of aryl methyl sites for hydroxylation is 3. The maximum absolute atomic E-state index is 14.4. The van der Waals surface area contributed by atoms with E-state index >= 15 is 0 Å². The molecule has 49 heavy (non-hydrogen) atoms. The van der Waals surface area contributed by atoms with Crippen molar-refractivity contribution in [2.45, 2.75) is 98.1 Å². The number of halogens is 1. The van der Waals surface area contributed by atoms with E-state index in [4.69, 9.17) is 4.43 Å². The number of anilines is 1. The van der Waals surface area contributed by atoms with Gasteiger partial charge in [-0.15, -0.1) is 0 Å². The SMILES string of the molecule is CC(=O)c1nn(CC(=O)N2[C@H](C(=O)Nc3nc(Br)ccc3C)C[C@@]3(CO[Si](C)(C)C(C)(C)C)C[C@@H]23)c2c(C)cc(-c3cnc(C)nc3)cc12. The van der Waals surface area contributed by atoms with Crippen LogP contribution in [0.15, 0.2) is 41.3 Å². The summed E-state index contributed by atoms with van der Waals surface area (Å²) < 4.78 is 8.91. The molecule has 258 valence electrons. The molecule has 4 heterocycles. The molecule has 3 atom stereocenters. The van der Waals surface area contributed by atoms with Gasteiger partial charge in [0.1, 0.15) is 34.5 Å². The summed E-state index contributed by atoms with van der Waals surface area (Å²) in [4.78, 5) is 56.1. The highest BCUT2D eigenvalue weighted by molar-refractivity contribution is 9.10. The number of benzene rings is 1. The number of likely N-dealkylation sites (tertiary alicyclic amines) is 1. The maximum atomic E-state index is 14.4. The van der Waals surface area contributed by atoms with Crippen molar-refractivity contribution in [3.05, 3.63) is 63.9 Å². The van der Waals surface area contributed by atoms with E-state index in [1.165, 1.54) is 6.92 Å². The molecule has 2 aliphatic rings. The van der Waals surface area contributed by atoms with Gasteiger partial charge < -0.3 is 14.6 Å². The zero-order valence-electron chi connectivity index (χ0n) is 29.6. The predicted molar refractivity (Wildman–Crippen MR) is 195 cm³/mol. The number of pyridine rings is 1. The van der Waals surface area contributed by atoms with Crippen LogP contribution >= 0.6 is 15.9 Å². The molecule has 0 spiro atoms. The fraction of sp³-hybridized carbons (Fsp3) is 0.472. The molecule has 4 aromatic rings. The monoisotopic (exact) mass is 745 g/mol. The highest BCUT2D eigenvalue weighted by atomic mass is 79.9. The molecule has 6 rings (SSSR count). The summed E-state index contributed by atoms with van der Waals surface area (Å²) in [7, 11) is -2.08. The average Bonchev–Trinajstić information content (AvgIpc) is 3.43. The summed E-state index contributed by atoms with van der Waals surface area (Å²) in [5.41, 5.74) is 4.04. The standard InChI is InChI=1S/C36H44BrN7O4Si/c1-20-10-11-29(37)40-33(20)41-34(47)27-14-36(19-48-49(8,9)35(5,6)7)15-28(36)44(27)30(46)18-43-32-21(2)12-24(25-16-38-23(4)39-17-25)13-26(32)31(42-43)22(3)45/h10-13,16-17,27-28H,14-15,18-19H2,1-9H3,(H,40,41,47)/t27-,28+,36-/m0/s1. The van der Waals surface area contributed by atoms with E-state index in [2.05, 4.69) is 75.2 Å². The second-order valence-corrected chi connectivity index (χ2v) is 20.8. The lowest BCUT2D eigenvalue weighted by Crippen LogP contribution is -2.47. The van der Waals surface area contributed by atoms with Gasteiger partial charge in [-0.1, -0.05) is 26.8 Å². The van der Waals surface area contributed by atoms with Gasteiger partial charge >= 0.3 is 0 Å². The molecule has 2 amide bonds. The van der Waals surface area contributed by atoms with E-state index < -0.39 is 14.4 Å². The van der Waals surface area contributed by atoms with Crippen LogP contribution in [0.3, 0.4) is 0 Å². The van der Waals surface area contributed by atoms with Crippen molar-refractivity contribution in [2.75, 3.05) is 11.9 Å². The van der Waals surface area contributed by atoms with Gasteiger partial charge in [-0.2, -0.15) is 5.10 Å². The number of nitrogens with zero attached hydrogens (tertiary/aromatic N) is 6. The largest absolute Gasteiger partial charge is 0.416 e. The number of fused-ring (bicyclic) bond motifs is 2. The molecule has 1 saturated heterocycles. The number of aromatic nitrogens is 5. The predicted octanol–water partition coefficient (Wildman–Crippen LogP) is 6.80. The third-order valence-electron chi connectivity index (χ3n) is 10.6. The first kappa shape index (κ1) is 35.0. The van der Waals surface area contributed by atoms with E-state index in [-0.39, 0.29) is 46.3 Å². The first-order valence-electron chi connectivity index (χ1n) is 16.6. The Morgan fingerprint density at radius 1 is 1.04 bits per heavy atom. The molecule has 1 aliphatic carbocycles. The lowest BCUT2D eigenvalue weighted by Gasteiger charge is -2.37. The Labute approximate surface area is 296 Å². The molecule has 0 bridgehead atoms. The van der Waals surface area contributed by atoms with Crippen molar-refractivity contribution < 1.29 is 18.8 Å². The molecule has 11 nitrogen and oxygen atoms in total. The van der Waals surface area contributed by atoms with E-state index in [1.807, 2.05) is 45.0 Å². The fourth-order valence-electron chi connectivity index (χ4n) is 6.61. The Kier molecular flexibility index (Phi) is 8.94. The number of hydrogen-bond acceptors (Lipinski definition) is 8. The number of ketones is 1. The Morgan fingerprint density at radius 2 is 1.73 bits per heavy atom. The maximum Gasteiger partial charge on any atom is 0.248 e. The average molecular weight is 747 g/mol. The third-order valence-corrected chi connectivity index (χ3v) is 15.5. The van der Waals surface area contributed by atoms with Crippen molar-refractivity contribution in [1.29, 1.82) is 0 Å². The Bertz CT molecular complexity index is 1990. The number of hydrogen-bond donors (Lipinski definition) is 1. The lowest BCUT2D eigenvalue weighted by atomic mass is 10.00. The van der Waals surface area contributed by atoms with Crippen LogP contribution in [-0.2, 0) is 20.6 Å². The number of piperidine rings is 1. The molecule has 1 N–H and O–H groups in total. The van der Waals surface area contributed by atoms with Gasteiger partial charge in [-0.3, -0.25) is 19.1 Å². The van der Waals surface area contributed by atoms with Crippen LogP contribution in [0.5, 0.6) is 0 Å².